The molecule has 0 heterocycles. The third kappa shape index (κ3) is 25.4. The van der Waals surface area contributed by atoms with Crippen LogP contribution in [0.5, 0.6) is 0 Å². The van der Waals surface area contributed by atoms with E-state index in [1.54, 1.807) is 6.92 Å². The molecule has 0 unspecified atom stereocenters. The van der Waals surface area contributed by atoms with Crippen molar-refractivity contribution in [3.05, 3.63) is 12.2 Å². The Morgan fingerprint density at radius 3 is 1.31 bits per heavy atom. The molecule has 0 rings (SSSR count). The topological polar surface area (TPSA) is 112 Å². The Morgan fingerprint density at radius 1 is 1.00 bits per heavy atom. The first kappa shape index (κ1) is 13.7. The van der Waals surface area contributed by atoms with Crippen LogP contribution in [0.2, 0.25) is 0 Å². The minimum atomic E-state index is -1.26. The lowest BCUT2D eigenvalue weighted by molar-refractivity contribution is -0.136. The Morgan fingerprint density at radius 2 is 1.23 bits per heavy atom. The fraction of sp³-hybridized carbons (Fsp3) is 0.286. The lowest BCUT2D eigenvalue weighted by atomic mass is 10.5. The molecule has 0 aliphatic heterocycles. The molecule has 0 radical (unpaired) electrons. The predicted octanol–water partition coefficient (Wildman–Crippen LogP) is 0.193. The van der Waals surface area contributed by atoms with Gasteiger partial charge in [-0.1, -0.05) is 6.92 Å². The Labute approximate surface area is 74.1 Å². The van der Waals surface area contributed by atoms with E-state index < -0.39 is 17.9 Å². The average Bonchev–Trinajstić information content (AvgIpc) is 2.02. The molecule has 6 heteroatoms. The lowest BCUT2D eigenvalue weighted by Gasteiger charge is -1.74. The van der Waals surface area contributed by atoms with Gasteiger partial charge >= 0.3 is 17.9 Å². The smallest absolute Gasteiger partial charge is 0.328 e. The van der Waals surface area contributed by atoms with Gasteiger partial charge in [0.2, 0.25) is 0 Å². The van der Waals surface area contributed by atoms with Crippen molar-refractivity contribution >= 4 is 17.9 Å². The van der Waals surface area contributed by atoms with Crippen molar-refractivity contribution in [1.29, 1.82) is 0 Å². The zero-order valence-electron chi connectivity index (χ0n) is 6.93. The molecule has 0 aliphatic carbocycles. The van der Waals surface area contributed by atoms with Crippen LogP contribution in [0, 0.1) is 0 Å². The van der Waals surface area contributed by atoms with Gasteiger partial charge < -0.3 is 15.3 Å². The first-order valence-corrected chi connectivity index (χ1v) is 3.25. The molecule has 0 aromatic rings. The Balaban J connectivity index is 0. The summed E-state index contributed by atoms with van der Waals surface area (Å²) in [6, 6.07) is 0. The van der Waals surface area contributed by atoms with Gasteiger partial charge in [-0.15, -0.1) is 0 Å². The summed E-state index contributed by atoms with van der Waals surface area (Å²) in [5.41, 5.74) is 0. The second-order valence-electron chi connectivity index (χ2n) is 1.76. The SMILES string of the molecule is CCC(=O)O.O=C(O)/C=C/C(=O)O. The summed E-state index contributed by atoms with van der Waals surface area (Å²) in [6.07, 6.45) is 1.34. The molecular weight excluding hydrogens is 180 g/mol. The van der Waals surface area contributed by atoms with Crippen molar-refractivity contribution in [3.8, 4) is 0 Å². The van der Waals surface area contributed by atoms with Gasteiger partial charge in [-0.25, -0.2) is 9.59 Å². The quantitative estimate of drug-likeness (QED) is 0.548. The fourth-order valence-electron chi connectivity index (χ4n) is 0.143. The van der Waals surface area contributed by atoms with Crippen molar-refractivity contribution in [1.82, 2.24) is 0 Å². The summed E-state index contributed by atoms with van der Waals surface area (Å²) in [7, 11) is 0. The predicted molar refractivity (Wildman–Crippen MR) is 42.3 cm³/mol. The molecule has 0 aliphatic rings. The second-order valence-corrected chi connectivity index (χ2v) is 1.76. The van der Waals surface area contributed by atoms with Crippen LogP contribution in [0.15, 0.2) is 12.2 Å². The molecule has 74 valence electrons. The van der Waals surface area contributed by atoms with Crippen LogP contribution in [-0.4, -0.2) is 33.2 Å². The van der Waals surface area contributed by atoms with Crippen molar-refractivity contribution in [2.45, 2.75) is 13.3 Å². The van der Waals surface area contributed by atoms with E-state index in [-0.39, 0.29) is 6.42 Å². The van der Waals surface area contributed by atoms with Crippen LogP contribution < -0.4 is 0 Å². The van der Waals surface area contributed by atoms with E-state index in [1.165, 1.54) is 0 Å². The second kappa shape index (κ2) is 8.25. The van der Waals surface area contributed by atoms with Crippen molar-refractivity contribution < 1.29 is 29.7 Å². The Bertz CT molecular complexity index is 201. The standard InChI is InChI=1S/C4H4O4.C3H6O2/c5-3(6)1-2-4(7)8;1-2-3(4)5/h1-2H,(H,5,6)(H,7,8);2H2,1H3,(H,4,5)/b2-1+;. The summed E-state index contributed by atoms with van der Waals surface area (Å²) in [5.74, 6) is -3.26. The monoisotopic (exact) mass is 190 g/mol. The lowest BCUT2D eigenvalue weighted by Crippen LogP contribution is -1.91. The zero-order chi connectivity index (χ0) is 10.9. The van der Waals surface area contributed by atoms with E-state index in [4.69, 9.17) is 15.3 Å². The highest BCUT2D eigenvalue weighted by Crippen LogP contribution is 1.70. The number of rotatable bonds is 3. The van der Waals surface area contributed by atoms with Gasteiger partial charge in [-0.05, 0) is 0 Å². The maximum Gasteiger partial charge on any atom is 0.328 e. The van der Waals surface area contributed by atoms with Crippen molar-refractivity contribution in [3.63, 3.8) is 0 Å². The Hall–Kier alpha value is -1.85. The molecule has 3 N–H and O–H groups in total. The van der Waals surface area contributed by atoms with Crippen LogP contribution in [0.3, 0.4) is 0 Å². The molecule has 0 bridgehead atoms. The minimum absolute atomic E-state index is 0.222. The van der Waals surface area contributed by atoms with Gasteiger partial charge in [0.25, 0.3) is 0 Å². The van der Waals surface area contributed by atoms with Crippen LogP contribution in [0.1, 0.15) is 13.3 Å². The molecule has 0 amide bonds. The third-order valence-electron chi connectivity index (χ3n) is 0.671. The van der Waals surface area contributed by atoms with E-state index in [0.717, 1.165) is 0 Å². The molecular formula is C7H10O6. The summed E-state index contributed by atoms with van der Waals surface area (Å²) in [5, 5.41) is 23.3. The van der Waals surface area contributed by atoms with Crippen LogP contribution in [0.25, 0.3) is 0 Å². The van der Waals surface area contributed by atoms with Crippen LogP contribution in [0.4, 0.5) is 0 Å². The Kier molecular flexibility index (Phi) is 8.71. The summed E-state index contributed by atoms with van der Waals surface area (Å²) < 4.78 is 0. The summed E-state index contributed by atoms with van der Waals surface area (Å²) in [4.78, 5) is 28.5. The van der Waals surface area contributed by atoms with E-state index in [1.807, 2.05) is 0 Å². The first-order chi connectivity index (χ1) is 5.90. The van der Waals surface area contributed by atoms with Gasteiger partial charge in [-0.3, -0.25) is 4.79 Å². The van der Waals surface area contributed by atoms with E-state index in [9.17, 15) is 14.4 Å². The molecule has 13 heavy (non-hydrogen) atoms. The summed E-state index contributed by atoms with van der Waals surface area (Å²) in [6.45, 7) is 1.60. The van der Waals surface area contributed by atoms with E-state index >= 15 is 0 Å². The zero-order valence-corrected chi connectivity index (χ0v) is 6.93. The molecule has 0 saturated heterocycles. The summed E-state index contributed by atoms with van der Waals surface area (Å²) >= 11 is 0. The number of hydrogen-bond acceptors (Lipinski definition) is 3. The highest BCUT2D eigenvalue weighted by molar-refractivity contribution is 5.89. The normalized spacial score (nSPS) is 8.69. The molecule has 6 nitrogen and oxygen atoms in total. The highest BCUT2D eigenvalue weighted by atomic mass is 16.4. The molecule has 0 atom stereocenters. The average molecular weight is 190 g/mol. The maximum atomic E-state index is 9.55. The molecule has 0 spiro atoms. The number of carbonyl (C=O) groups is 3. The first-order valence-electron chi connectivity index (χ1n) is 3.25. The molecule has 0 fully saturated rings. The minimum Gasteiger partial charge on any atom is -0.481 e. The van der Waals surface area contributed by atoms with E-state index in [0.29, 0.717) is 12.2 Å². The largest absolute Gasteiger partial charge is 0.481 e. The fourth-order valence-corrected chi connectivity index (χ4v) is 0.143. The van der Waals surface area contributed by atoms with Gasteiger partial charge in [0.1, 0.15) is 0 Å². The maximum absolute atomic E-state index is 9.55. The molecule has 0 aromatic carbocycles. The highest BCUT2D eigenvalue weighted by Gasteiger charge is 1.88. The third-order valence-corrected chi connectivity index (χ3v) is 0.671. The van der Waals surface area contributed by atoms with Crippen LogP contribution in [-0.2, 0) is 14.4 Å². The molecule has 0 aromatic heterocycles. The molecule has 0 saturated carbocycles. The van der Waals surface area contributed by atoms with Gasteiger partial charge in [0.15, 0.2) is 0 Å². The van der Waals surface area contributed by atoms with Crippen molar-refractivity contribution in [2.24, 2.45) is 0 Å². The van der Waals surface area contributed by atoms with Gasteiger partial charge in [0, 0.05) is 18.6 Å². The van der Waals surface area contributed by atoms with Gasteiger partial charge in [-0.2, -0.15) is 0 Å². The van der Waals surface area contributed by atoms with E-state index in [2.05, 4.69) is 0 Å². The van der Waals surface area contributed by atoms with Gasteiger partial charge in [0.05, 0.1) is 0 Å². The number of carboxylic acids is 3. The number of hydrogen-bond donors (Lipinski definition) is 3. The van der Waals surface area contributed by atoms with Crippen molar-refractivity contribution in [2.75, 3.05) is 0 Å². The van der Waals surface area contributed by atoms with Crippen LogP contribution >= 0.6 is 0 Å². The number of aliphatic carboxylic acids is 3. The number of carboxylic acid groups (broad SMARTS) is 3.